The molecule has 23 heavy (non-hydrogen) atoms. The third-order valence-electron chi connectivity index (χ3n) is 2.89. The lowest BCUT2D eigenvalue weighted by atomic mass is 10.2. The van der Waals surface area contributed by atoms with E-state index in [2.05, 4.69) is 15.3 Å². The molecule has 8 heteroatoms. The zero-order chi connectivity index (χ0) is 16.8. The van der Waals surface area contributed by atoms with Gasteiger partial charge in [-0.1, -0.05) is 13.8 Å². The number of rotatable bonds is 6. The molecule has 1 aromatic heterocycles. The van der Waals surface area contributed by atoms with Gasteiger partial charge in [0.1, 0.15) is 11.6 Å². The fourth-order valence-corrected chi connectivity index (χ4v) is 1.71. The van der Waals surface area contributed by atoms with Crippen LogP contribution in [0.2, 0.25) is 0 Å². The number of anilines is 1. The average Bonchev–Trinajstić information content (AvgIpc) is 2.54. The fourth-order valence-electron chi connectivity index (χ4n) is 1.71. The Hall–Kier alpha value is -3.03. The summed E-state index contributed by atoms with van der Waals surface area (Å²) in [5.41, 5.74) is 0.441. The molecule has 1 amide bonds. The molecule has 0 aliphatic carbocycles. The molecule has 0 atom stereocenters. The number of nitrogens with zero attached hydrogens (tertiary/aromatic N) is 3. The van der Waals surface area contributed by atoms with Crippen LogP contribution in [0.3, 0.4) is 0 Å². The van der Waals surface area contributed by atoms with Gasteiger partial charge >= 0.3 is 0 Å². The largest absolute Gasteiger partial charge is 0.484 e. The fraction of sp³-hybridized carbons (Fsp3) is 0.267. The van der Waals surface area contributed by atoms with Crippen molar-refractivity contribution in [2.75, 3.05) is 11.9 Å². The summed E-state index contributed by atoms with van der Waals surface area (Å²) in [7, 11) is 0. The number of nitro groups is 1. The highest BCUT2D eigenvalue weighted by molar-refractivity contribution is 5.91. The van der Waals surface area contributed by atoms with Crippen molar-refractivity contribution in [1.29, 1.82) is 0 Å². The van der Waals surface area contributed by atoms with E-state index in [1.807, 2.05) is 13.8 Å². The van der Waals surface area contributed by atoms with Crippen molar-refractivity contribution < 1.29 is 14.5 Å². The number of aromatic nitrogens is 2. The number of nitrogens with one attached hydrogen (secondary N) is 1. The van der Waals surface area contributed by atoms with Crippen molar-refractivity contribution in [3.05, 3.63) is 52.6 Å². The van der Waals surface area contributed by atoms with E-state index in [-0.39, 0.29) is 24.1 Å². The highest BCUT2D eigenvalue weighted by Gasteiger charge is 2.08. The number of hydrogen-bond donors (Lipinski definition) is 1. The minimum absolute atomic E-state index is 0.0378. The van der Waals surface area contributed by atoms with Crippen LogP contribution >= 0.6 is 0 Å². The highest BCUT2D eigenvalue weighted by Crippen LogP contribution is 2.17. The smallest absolute Gasteiger partial charge is 0.269 e. The molecular weight excluding hydrogens is 300 g/mol. The molecule has 0 radical (unpaired) electrons. The van der Waals surface area contributed by atoms with Gasteiger partial charge in [0.15, 0.2) is 6.61 Å². The molecule has 1 N–H and O–H groups in total. The van der Waals surface area contributed by atoms with Crippen molar-refractivity contribution >= 4 is 17.3 Å². The normalized spacial score (nSPS) is 10.4. The number of ether oxygens (including phenoxy) is 1. The molecule has 1 aromatic carbocycles. The van der Waals surface area contributed by atoms with Gasteiger partial charge in [0.05, 0.1) is 23.0 Å². The molecule has 1 heterocycles. The van der Waals surface area contributed by atoms with Crippen molar-refractivity contribution in [2.24, 2.45) is 0 Å². The van der Waals surface area contributed by atoms with Crippen LogP contribution in [0, 0.1) is 10.1 Å². The zero-order valence-corrected chi connectivity index (χ0v) is 12.7. The second kappa shape index (κ2) is 7.30. The molecule has 0 bridgehead atoms. The van der Waals surface area contributed by atoms with E-state index in [1.165, 1.54) is 36.7 Å². The monoisotopic (exact) mass is 316 g/mol. The number of carbonyl (C=O) groups excluding carboxylic acids is 1. The molecule has 120 valence electrons. The van der Waals surface area contributed by atoms with Crippen LogP contribution in [0.4, 0.5) is 11.4 Å². The molecule has 8 nitrogen and oxygen atoms in total. The summed E-state index contributed by atoms with van der Waals surface area (Å²) >= 11 is 0. The minimum atomic E-state index is -0.503. The lowest BCUT2D eigenvalue weighted by Crippen LogP contribution is -2.20. The Kier molecular flexibility index (Phi) is 5.19. The first-order valence-corrected chi connectivity index (χ1v) is 6.94. The Morgan fingerprint density at radius 3 is 2.39 bits per heavy atom. The van der Waals surface area contributed by atoms with Gasteiger partial charge in [0.25, 0.3) is 11.6 Å². The van der Waals surface area contributed by atoms with E-state index in [9.17, 15) is 14.9 Å². The number of nitro benzene ring substituents is 1. The minimum Gasteiger partial charge on any atom is -0.484 e. The molecular formula is C15H16N4O4. The second-order valence-corrected chi connectivity index (χ2v) is 5.07. The zero-order valence-electron chi connectivity index (χ0n) is 12.7. The Balaban J connectivity index is 1.86. The van der Waals surface area contributed by atoms with Crippen LogP contribution in [0.5, 0.6) is 5.75 Å². The second-order valence-electron chi connectivity index (χ2n) is 5.07. The third kappa shape index (κ3) is 4.73. The highest BCUT2D eigenvalue weighted by atomic mass is 16.6. The van der Waals surface area contributed by atoms with Crippen LogP contribution < -0.4 is 10.1 Å². The molecule has 0 unspecified atom stereocenters. The Morgan fingerprint density at radius 2 is 1.87 bits per heavy atom. The van der Waals surface area contributed by atoms with Gasteiger partial charge in [-0.25, -0.2) is 9.97 Å². The van der Waals surface area contributed by atoms with Crippen molar-refractivity contribution in [2.45, 2.75) is 19.8 Å². The van der Waals surface area contributed by atoms with Gasteiger partial charge in [-0.15, -0.1) is 0 Å². The van der Waals surface area contributed by atoms with E-state index in [0.717, 1.165) is 0 Å². The maximum atomic E-state index is 11.8. The number of hydrogen-bond acceptors (Lipinski definition) is 6. The van der Waals surface area contributed by atoms with Crippen LogP contribution in [0.25, 0.3) is 0 Å². The van der Waals surface area contributed by atoms with Crippen LogP contribution in [-0.2, 0) is 4.79 Å². The average molecular weight is 316 g/mol. The Bertz CT molecular complexity index is 684. The molecule has 0 aliphatic rings. The molecule has 0 saturated heterocycles. The van der Waals surface area contributed by atoms with E-state index in [0.29, 0.717) is 17.3 Å². The number of benzene rings is 1. The molecule has 0 saturated carbocycles. The van der Waals surface area contributed by atoms with Crippen LogP contribution in [-0.4, -0.2) is 27.4 Å². The number of carbonyl (C=O) groups is 1. The lowest BCUT2D eigenvalue weighted by Gasteiger charge is -2.08. The quantitative estimate of drug-likeness (QED) is 0.648. The molecule has 0 fully saturated rings. The number of non-ortho nitro benzene ring substituents is 1. The van der Waals surface area contributed by atoms with Crippen LogP contribution in [0.1, 0.15) is 25.6 Å². The van der Waals surface area contributed by atoms with E-state index in [4.69, 9.17) is 4.74 Å². The van der Waals surface area contributed by atoms with Gasteiger partial charge in [-0.2, -0.15) is 0 Å². The molecule has 2 rings (SSSR count). The predicted octanol–water partition coefficient (Wildman–Crippen LogP) is 2.53. The predicted molar refractivity (Wildman–Crippen MR) is 83.3 cm³/mol. The summed E-state index contributed by atoms with van der Waals surface area (Å²) in [5.74, 6) is 0.914. The standard InChI is InChI=1S/C15H16N4O4/c1-10(2)15-16-7-11(8-17-15)18-14(20)9-23-13-5-3-12(4-6-13)19(21)22/h3-8,10H,9H2,1-2H3,(H,18,20). The first-order valence-electron chi connectivity index (χ1n) is 6.94. The van der Waals surface area contributed by atoms with Crippen molar-refractivity contribution in [3.8, 4) is 5.75 Å². The molecule has 2 aromatic rings. The van der Waals surface area contributed by atoms with Gasteiger partial charge in [0, 0.05) is 18.1 Å². The lowest BCUT2D eigenvalue weighted by molar-refractivity contribution is -0.384. The van der Waals surface area contributed by atoms with E-state index >= 15 is 0 Å². The Morgan fingerprint density at radius 1 is 1.26 bits per heavy atom. The molecule has 0 spiro atoms. The SMILES string of the molecule is CC(C)c1ncc(NC(=O)COc2ccc([N+](=O)[O-])cc2)cn1. The van der Waals surface area contributed by atoms with E-state index in [1.54, 1.807) is 0 Å². The maximum Gasteiger partial charge on any atom is 0.269 e. The Labute approximate surface area is 132 Å². The van der Waals surface area contributed by atoms with Gasteiger partial charge in [0.2, 0.25) is 0 Å². The number of amides is 1. The van der Waals surface area contributed by atoms with E-state index < -0.39 is 4.92 Å². The van der Waals surface area contributed by atoms with Gasteiger partial charge in [-0.05, 0) is 12.1 Å². The van der Waals surface area contributed by atoms with Gasteiger partial charge in [-0.3, -0.25) is 14.9 Å². The van der Waals surface area contributed by atoms with Crippen molar-refractivity contribution in [3.63, 3.8) is 0 Å². The summed E-state index contributed by atoms with van der Waals surface area (Å²) in [6, 6.07) is 5.50. The summed E-state index contributed by atoms with van der Waals surface area (Å²) in [6.45, 7) is 3.74. The first-order chi connectivity index (χ1) is 11.0. The molecule has 0 aliphatic heterocycles. The summed E-state index contributed by atoms with van der Waals surface area (Å²) in [5, 5.41) is 13.1. The summed E-state index contributed by atoms with van der Waals surface area (Å²) in [4.78, 5) is 30.1. The summed E-state index contributed by atoms with van der Waals surface area (Å²) < 4.78 is 5.26. The van der Waals surface area contributed by atoms with Crippen molar-refractivity contribution in [1.82, 2.24) is 9.97 Å². The maximum absolute atomic E-state index is 11.8. The third-order valence-corrected chi connectivity index (χ3v) is 2.89. The topological polar surface area (TPSA) is 107 Å². The first kappa shape index (κ1) is 16.3. The summed E-state index contributed by atoms with van der Waals surface area (Å²) in [6.07, 6.45) is 3.07. The van der Waals surface area contributed by atoms with Crippen LogP contribution in [0.15, 0.2) is 36.7 Å². The van der Waals surface area contributed by atoms with Gasteiger partial charge < -0.3 is 10.1 Å².